The Bertz CT molecular complexity index is 740. The average molecular weight is 341 g/mol. The molecule has 25 heavy (non-hydrogen) atoms. The molecule has 4 heteroatoms. The van der Waals surface area contributed by atoms with Crippen molar-refractivity contribution in [2.75, 3.05) is 14.2 Å². The highest BCUT2D eigenvalue weighted by atomic mass is 16.5. The van der Waals surface area contributed by atoms with Crippen LogP contribution >= 0.6 is 0 Å². The number of benzene rings is 2. The largest absolute Gasteiger partial charge is 0.493 e. The molecule has 0 radical (unpaired) electrons. The molecule has 0 heterocycles. The van der Waals surface area contributed by atoms with Crippen molar-refractivity contribution in [1.29, 1.82) is 0 Å². The molecule has 0 aromatic heterocycles. The number of aryl methyl sites for hydroxylation is 3. The lowest BCUT2D eigenvalue weighted by Gasteiger charge is -2.17. The van der Waals surface area contributed by atoms with Gasteiger partial charge >= 0.3 is 0 Å². The topological polar surface area (TPSA) is 47.6 Å². The van der Waals surface area contributed by atoms with Crippen molar-refractivity contribution in [2.45, 2.75) is 39.7 Å². The monoisotopic (exact) mass is 341 g/mol. The van der Waals surface area contributed by atoms with Gasteiger partial charge in [-0.1, -0.05) is 29.8 Å². The Kier molecular flexibility index (Phi) is 6.45. The normalized spacial score (nSPS) is 11.7. The smallest absolute Gasteiger partial charge is 0.220 e. The van der Waals surface area contributed by atoms with E-state index in [4.69, 9.17) is 9.47 Å². The third kappa shape index (κ3) is 4.99. The van der Waals surface area contributed by atoms with Crippen LogP contribution in [-0.4, -0.2) is 20.1 Å². The zero-order valence-electron chi connectivity index (χ0n) is 15.7. The van der Waals surface area contributed by atoms with E-state index in [1.54, 1.807) is 14.2 Å². The van der Waals surface area contributed by atoms with E-state index < -0.39 is 0 Å². The second-order valence-electron chi connectivity index (χ2n) is 6.34. The summed E-state index contributed by atoms with van der Waals surface area (Å²) in [6.45, 7) is 6.16. The summed E-state index contributed by atoms with van der Waals surface area (Å²) >= 11 is 0. The quantitative estimate of drug-likeness (QED) is 0.824. The van der Waals surface area contributed by atoms with Gasteiger partial charge in [-0.05, 0) is 56.0 Å². The van der Waals surface area contributed by atoms with Crippen LogP contribution in [0.2, 0.25) is 0 Å². The van der Waals surface area contributed by atoms with Crippen LogP contribution in [0.1, 0.15) is 41.6 Å². The minimum absolute atomic E-state index is 0.00203. The first-order valence-corrected chi connectivity index (χ1v) is 8.52. The number of carbonyl (C=O) groups excluding carboxylic acids is 1. The Balaban J connectivity index is 1.95. The summed E-state index contributed by atoms with van der Waals surface area (Å²) in [5.41, 5.74) is 4.61. The number of rotatable bonds is 7. The molecular weight excluding hydrogens is 314 g/mol. The molecule has 0 bridgehead atoms. The van der Waals surface area contributed by atoms with E-state index in [2.05, 4.69) is 37.4 Å². The molecule has 1 atom stereocenters. The van der Waals surface area contributed by atoms with Crippen molar-refractivity contribution in [3.63, 3.8) is 0 Å². The van der Waals surface area contributed by atoms with Gasteiger partial charge in [0.15, 0.2) is 11.5 Å². The summed E-state index contributed by atoms with van der Waals surface area (Å²) in [6, 6.07) is 12.1. The Morgan fingerprint density at radius 3 is 2.44 bits per heavy atom. The number of hydrogen-bond acceptors (Lipinski definition) is 3. The molecule has 0 unspecified atom stereocenters. The van der Waals surface area contributed by atoms with Gasteiger partial charge in [0.1, 0.15) is 0 Å². The van der Waals surface area contributed by atoms with E-state index in [1.165, 1.54) is 16.7 Å². The van der Waals surface area contributed by atoms with Crippen molar-refractivity contribution < 1.29 is 14.3 Å². The van der Waals surface area contributed by atoms with E-state index in [0.29, 0.717) is 24.3 Å². The lowest BCUT2D eigenvalue weighted by molar-refractivity contribution is -0.121. The fraction of sp³-hybridized carbons (Fsp3) is 0.381. The van der Waals surface area contributed by atoms with Crippen molar-refractivity contribution in [1.82, 2.24) is 5.32 Å². The lowest BCUT2D eigenvalue weighted by Crippen LogP contribution is -2.27. The molecule has 0 aliphatic rings. The van der Waals surface area contributed by atoms with Crippen molar-refractivity contribution in [2.24, 2.45) is 0 Å². The van der Waals surface area contributed by atoms with Gasteiger partial charge in [-0.2, -0.15) is 0 Å². The first-order valence-electron chi connectivity index (χ1n) is 8.52. The highest BCUT2D eigenvalue weighted by Gasteiger charge is 2.12. The number of nitrogens with one attached hydrogen (secondary N) is 1. The summed E-state index contributed by atoms with van der Waals surface area (Å²) in [5, 5.41) is 3.09. The number of methoxy groups -OCH3 is 2. The molecule has 0 saturated carbocycles. The van der Waals surface area contributed by atoms with Crippen LogP contribution in [0.3, 0.4) is 0 Å². The molecule has 2 rings (SSSR count). The molecule has 2 aromatic rings. The van der Waals surface area contributed by atoms with Gasteiger partial charge in [-0.3, -0.25) is 4.79 Å². The number of hydrogen-bond donors (Lipinski definition) is 1. The van der Waals surface area contributed by atoms with E-state index >= 15 is 0 Å². The number of carbonyl (C=O) groups is 1. The average Bonchev–Trinajstić information content (AvgIpc) is 2.61. The Labute approximate surface area is 150 Å². The second kappa shape index (κ2) is 8.56. The minimum atomic E-state index is -0.00203. The van der Waals surface area contributed by atoms with Gasteiger partial charge in [-0.15, -0.1) is 0 Å². The zero-order chi connectivity index (χ0) is 18.4. The predicted octanol–water partition coefficient (Wildman–Crippen LogP) is 4.13. The summed E-state index contributed by atoms with van der Waals surface area (Å²) in [6.07, 6.45) is 1.09. The fourth-order valence-corrected chi connectivity index (χ4v) is 2.91. The van der Waals surface area contributed by atoms with Crippen molar-refractivity contribution >= 4 is 5.91 Å². The maximum absolute atomic E-state index is 12.3. The van der Waals surface area contributed by atoms with E-state index in [-0.39, 0.29) is 11.9 Å². The fourth-order valence-electron chi connectivity index (χ4n) is 2.91. The first kappa shape index (κ1) is 18.8. The standard InChI is InChI=1S/C21H27NO3/c1-14-6-7-15(2)18(12-14)16(3)22-21(23)11-9-17-8-10-19(24-4)20(13-17)25-5/h6-8,10,12-13,16H,9,11H2,1-5H3,(H,22,23)/t16-/m0/s1. The summed E-state index contributed by atoms with van der Waals surface area (Å²) in [5.74, 6) is 1.42. The maximum atomic E-state index is 12.3. The van der Waals surface area contributed by atoms with Gasteiger partial charge in [0.25, 0.3) is 0 Å². The first-order chi connectivity index (χ1) is 11.9. The van der Waals surface area contributed by atoms with Gasteiger partial charge < -0.3 is 14.8 Å². The SMILES string of the molecule is COc1ccc(CCC(=O)N[C@@H](C)c2cc(C)ccc2C)cc1OC. The molecule has 4 nitrogen and oxygen atoms in total. The molecule has 1 N–H and O–H groups in total. The summed E-state index contributed by atoms with van der Waals surface area (Å²) < 4.78 is 10.5. The summed E-state index contributed by atoms with van der Waals surface area (Å²) in [7, 11) is 3.22. The van der Waals surface area contributed by atoms with E-state index in [0.717, 1.165) is 5.56 Å². The van der Waals surface area contributed by atoms with Crippen LogP contribution in [0.15, 0.2) is 36.4 Å². The van der Waals surface area contributed by atoms with Crippen LogP contribution in [0.4, 0.5) is 0 Å². The molecule has 0 fully saturated rings. The lowest BCUT2D eigenvalue weighted by atomic mass is 9.99. The van der Waals surface area contributed by atoms with Crippen LogP contribution < -0.4 is 14.8 Å². The Morgan fingerprint density at radius 1 is 1.04 bits per heavy atom. The molecular formula is C21H27NO3. The van der Waals surface area contributed by atoms with Crippen molar-refractivity contribution in [3.05, 3.63) is 58.7 Å². The predicted molar refractivity (Wildman–Crippen MR) is 100 cm³/mol. The third-order valence-electron chi connectivity index (χ3n) is 4.37. The van der Waals surface area contributed by atoms with E-state index in [9.17, 15) is 4.79 Å². The van der Waals surface area contributed by atoms with Gasteiger partial charge in [0.05, 0.1) is 20.3 Å². The number of ether oxygens (including phenoxy) is 2. The van der Waals surface area contributed by atoms with Crippen LogP contribution in [-0.2, 0) is 11.2 Å². The van der Waals surface area contributed by atoms with Gasteiger partial charge in [-0.25, -0.2) is 0 Å². The molecule has 134 valence electrons. The molecule has 0 aliphatic carbocycles. The molecule has 1 amide bonds. The Hall–Kier alpha value is -2.49. The third-order valence-corrected chi connectivity index (χ3v) is 4.37. The number of amides is 1. The maximum Gasteiger partial charge on any atom is 0.220 e. The molecule has 0 aliphatic heterocycles. The van der Waals surface area contributed by atoms with Crippen LogP contribution in [0, 0.1) is 13.8 Å². The minimum Gasteiger partial charge on any atom is -0.493 e. The summed E-state index contributed by atoms with van der Waals surface area (Å²) in [4.78, 5) is 12.3. The van der Waals surface area contributed by atoms with Crippen LogP contribution in [0.25, 0.3) is 0 Å². The second-order valence-corrected chi connectivity index (χ2v) is 6.34. The van der Waals surface area contributed by atoms with Gasteiger partial charge in [0, 0.05) is 6.42 Å². The molecule has 2 aromatic carbocycles. The highest BCUT2D eigenvalue weighted by molar-refractivity contribution is 5.76. The zero-order valence-corrected chi connectivity index (χ0v) is 15.7. The van der Waals surface area contributed by atoms with Crippen molar-refractivity contribution in [3.8, 4) is 11.5 Å². The molecule has 0 saturated heterocycles. The Morgan fingerprint density at radius 2 is 1.76 bits per heavy atom. The van der Waals surface area contributed by atoms with E-state index in [1.807, 2.05) is 25.1 Å². The molecule has 0 spiro atoms. The van der Waals surface area contributed by atoms with Crippen LogP contribution in [0.5, 0.6) is 11.5 Å². The van der Waals surface area contributed by atoms with Gasteiger partial charge in [0.2, 0.25) is 5.91 Å². The highest BCUT2D eigenvalue weighted by Crippen LogP contribution is 2.28.